The molecule has 1 heterocycles. The van der Waals surface area contributed by atoms with Crippen LogP contribution in [0.15, 0.2) is 18.2 Å². The van der Waals surface area contributed by atoms with Crippen LogP contribution in [0.1, 0.15) is 23.6 Å². The molecule has 0 radical (unpaired) electrons. The third kappa shape index (κ3) is 4.73. The molecule has 1 aliphatic rings. The predicted octanol–water partition coefficient (Wildman–Crippen LogP) is 3.67. The molecule has 2 rings (SSSR count). The van der Waals surface area contributed by atoms with Gasteiger partial charge in [-0.2, -0.15) is 23.5 Å². The van der Waals surface area contributed by atoms with Gasteiger partial charge in [-0.15, -0.1) is 0 Å². The number of nitrogens with one attached hydrogen (secondary N) is 1. The van der Waals surface area contributed by atoms with Crippen LogP contribution in [0.5, 0.6) is 0 Å². The molecule has 1 aromatic rings. The van der Waals surface area contributed by atoms with Crippen LogP contribution < -0.4 is 5.32 Å². The third-order valence-corrected chi connectivity index (χ3v) is 6.41. The Hall–Kier alpha value is -0.120. The highest BCUT2D eigenvalue weighted by Gasteiger charge is 2.24. The molecule has 1 aromatic carbocycles. The fraction of sp³-hybridized carbons (Fsp3) is 0.625. The lowest BCUT2D eigenvalue weighted by Crippen LogP contribution is -2.42. The minimum Gasteiger partial charge on any atom is -0.313 e. The predicted molar refractivity (Wildman–Crippen MR) is 90.7 cm³/mol. The highest BCUT2D eigenvalue weighted by atomic mass is 32.2. The lowest BCUT2D eigenvalue weighted by atomic mass is 9.99. The van der Waals surface area contributed by atoms with Gasteiger partial charge in [-0.25, -0.2) is 0 Å². The van der Waals surface area contributed by atoms with Crippen LogP contribution in [0.2, 0.25) is 0 Å². The summed E-state index contributed by atoms with van der Waals surface area (Å²) >= 11 is 4.27. The Morgan fingerprint density at radius 1 is 1.21 bits per heavy atom. The zero-order valence-corrected chi connectivity index (χ0v) is 13.9. The van der Waals surface area contributed by atoms with Crippen LogP contribution in [0.3, 0.4) is 0 Å². The maximum Gasteiger partial charge on any atom is 0.0295 e. The van der Waals surface area contributed by atoms with Gasteiger partial charge in [0.15, 0.2) is 0 Å². The van der Waals surface area contributed by atoms with E-state index in [4.69, 9.17) is 0 Å². The van der Waals surface area contributed by atoms with Crippen molar-refractivity contribution in [2.45, 2.75) is 38.5 Å². The molecular weight excluding hydrogens is 270 g/mol. The van der Waals surface area contributed by atoms with Crippen LogP contribution in [-0.4, -0.2) is 35.1 Å². The van der Waals surface area contributed by atoms with Gasteiger partial charge in [0.1, 0.15) is 0 Å². The van der Waals surface area contributed by atoms with Gasteiger partial charge in [-0.1, -0.05) is 36.2 Å². The van der Waals surface area contributed by atoms with Gasteiger partial charge in [-0.05, 0) is 32.4 Å². The minimum absolute atomic E-state index is 0.615. The number of hydrogen-bond donors (Lipinski definition) is 1. The summed E-state index contributed by atoms with van der Waals surface area (Å²) in [4.78, 5) is 0. The molecule has 0 spiro atoms. The van der Waals surface area contributed by atoms with Crippen LogP contribution in [0.4, 0.5) is 0 Å². The molecule has 1 fully saturated rings. The molecule has 3 heteroatoms. The first kappa shape index (κ1) is 15.3. The maximum absolute atomic E-state index is 3.71. The molecule has 0 aliphatic carbocycles. The molecule has 0 amide bonds. The summed E-state index contributed by atoms with van der Waals surface area (Å²) in [6.45, 7) is 7.68. The lowest BCUT2D eigenvalue weighted by molar-refractivity contribution is 0.522. The fourth-order valence-electron chi connectivity index (χ4n) is 2.78. The van der Waals surface area contributed by atoms with Crippen LogP contribution in [-0.2, 0) is 6.42 Å². The second-order valence-electron chi connectivity index (χ2n) is 5.35. The molecule has 2 atom stereocenters. The molecule has 0 aromatic heterocycles. The van der Waals surface area contributed by atoms with E-state index in [1.165, 1.54) is 33.9 Å². The molecular formula is C16H25NS2. The van der Waals surface area contributed by atoms with E-state index in [1.807, 2.05) is 0 Å². The van der Waals surface area contributed by atoms with E-state index in [-0.39, 0.29) is 0 Å². The van der Waals surface area contributed by atoms with E-state index >= 15 is 0 Å². The van der Waals surface area contributed by atoms with Gasteiger partial charge < -0.3 is 5.32 Å². The number of hydrogen-bond acceptors (Lipinski definition) is 3. The summed E-state index contributed by atoms with van der Waals surface area (Å²) in [5, 5.41) is 4.47. The monoisotopic (exact) mass is 295 g/mol. The quantitative estimate of drug-likeness (QED) is 0.890. The van der Waals surface area contributed by atoms with Crippen LogP contribution >= 0.6 is 23.5 Å². The summed E-state index contributed by atoms with van der Waals surface area (Å²) in [5.74, 6) is 3.93. The maximum atomic E-state index is 3.71. The van der Waals surface area contributed by atoms with Crippen molar-refractivity contribution in [3.8, 4) is 0 Å². The van der Waals surface area contributed by atoms with Crippen molar-refractivity contribution in [1.29, 1.82) is 0 Å². The zero-order valence-electron chi connectivity index (χ0n) is 12.2. The van der Waals surface area contributed by atoms with Gasteiger partial charge in [0.25, 0.3) is 0 Å². The van der Waals surface area contributed by atoms with Crippen molar-refractivity contribution in [2.24, 2.45) is 0 Å². The Morgan fingerprint density at radius 3 is 2.53 bits per heavy atom. The lowest BCUT2D eigenvalue weighted by Gasteiger charge is -2.30. The van der Waals surface area contributed by atoms with Crippen molar-refractivity contribution in [2.75, 3.05) is 23.8 Å². The Labute approximate surface area is 126 Å². The average molecular weight is 296 g/mol. The molecule has 19 heavy (non-hydrogen) atoms. The highest BCUT2D eigenvalue weighted by molar-refractivity contribution is 8.06. The molecule has 1 saturated heterocycles. The van der Waals surface area contributed by atoms with E-state index in [0.717, 1.165) is 18.2 Å². The first-order valence-electron chi connectivity index (χ1n) is 7.19. The Morgan fingerprint density at radius 2 is 1.95 bits per heavy atom. The first-order chi connectivity index (χ1) is 9.19. The number of likely N-dealkylation sites (N-methyl/N-ethyl adjacent to an activating group) is 1. The second kappa shape index (κ2) is 7.61. The van der Waals surface area contributed by atoms with Crippen molar-refractivity contribution in [3.63, 3.8) is 0 Å². The van der Waals surface area contributed by atoms with Crippen molar-refractivity contribution < 1.29 is 0 Å². The summed E-state index contributed by atoms with van der Waals surface area (Å²) in [5.41, 5.74) is 4.26. The fourth-order valence-corrected chi connectivity index (χ4v) is 5.67. The number of rotatable bonds is 5. The largest absolute Gasteiger partial charge is 0.313 e. The van der Waals surface area contributed by atoms with Crippen molar-refractivity contribution in [1.82, 2.24) is 5.32 Å². The molecule has 1 aliphatic heterocycles. The Kier molecular flexibility index (Phi) is 6.11. The van der Waals surface area contributed by atoms with Gasteiger partial charge in [0.05, 0.1) is 0 Å². The highest BCUT2D eigenvalue weighted by Crippen LogP contribution is 2.28. The van der Waals surface area contributed by atoms with Crippen LogP contribution in [0, 0.1) is 13.8 Å². The number of aryl methyl sites for hydroxylation is 2. The summed E-state index contributed by atoms with van der Waals surface area (Å²) in [7, 11) is 0. The van der Waals surface area contributed by atoms with Gasteiger partial charge in [-0.3, -0.25) is 0 Å². The number of thioether (sulfide) groups is 2. The Bertz CT molecular complexity index is 379. The first-order valence-corrected chi connectivity index (χ1v) is 9.39. The second-order valence-corrected chi connectivity index (χ2v) is 7.85. The third-order valence-electron chi connectivity index (χ3n) is 3.49. The van der Waals surface area contributed by atoms with E-state index in [0.29, 0.717) is 6.04 Å². The Balaban J connectivity index is 2.06. The van der Waals surface area contributed by atoms with Crippen molar-refractivity contribution in [3.05, 3.63) is 34.9 Å². The molecule has 1 nitrogen and oxygen atoms in total. The summed E-state index contributed by atoms with van der Waals surface area (Å²) in [6, 6.07) is 7.57. The average Bonchev–Trinajstić information content (AvgIpc) is 2.38. The van der Waals surface area contributed by atoms with Gasteiger partial charge in [0.2, 0.25) is 0 Å². The molecule has 1 N–H and O–H groups in total. The summed E-state index contributed by atoms with van der Waals surface area (Å²) in [6.07, 6.45) is 1.16. The smallest absolute Gasteiger partial charge is 0.0295 e. The normalized spacial score (nSPS) is 21.3. The van der Waals surface area contributed by atoms with E-state index in [1.54, 1.807) is 0 Å². The van der Waals surface area contributed by atoms with Gasteiger partial charge in [0, 0.05) is 28.6 Å². The van der Waals surface area contributed by atoms with Gasteiger partial charge >= 0.3 is 0 Å². The molecule has 0 saturated carbocycles. The topological polar surface area (TPSA) is 12.0 Å². The summed E-state index contributed by atoms with van der Waals surface area (Å²) < 4.78 is 0. The molecule has 0 bridgehead atoms. The van der Waals surface area contributed by atoms with E-state index in [2.05, 4.69) is 67.8 Å². The van der Waals surface area contributed by atoms with Crippen molar-refractivity contribution >= 4 is 23.5 Å². The zero-order chi connectivity index (χ0) is 13.7. The number of benzene rings is 1. The molecule has 2 unspecified atom stereocenters. The van der Waals surface area contributed by atoms with Crippen LogP contribution in [0.25, 0.3) is 0 Å². The SMILES string of the molecule is CCNC(Cc1cc(C)cc(C)c1)C1CSCCS1. The molecule has 106 valence electrons. The standard InChI is InChI=1S/C16H25NS2/c1-4-17-15(16-11-18-5-6-19-16)10-14-8-12(2)7-13(3)9-14/h7-9,15-17H,4-6,10-11H2,1-3H3. The minimum atomic E-state index is 0.615. The van der Waals surface area contributed by atoms with E-state index < -0.39 is 0 Å². The van der Waals surface area contributed by atoms with E-state index in [9.17, 15) is 0 Å².